The molecule has 0 aliphatic heterocycles. The molecule has 8 heteroatoms. The summed E-state index contributed by atoms with van der Waals surface area (Å²) in [5.41, 5.74) is 1.89. The van der Waals surface area contributed by atoms with Crippen LogP contribution in [-0.4, -0.2) is 31.9 Å². The van der Waals surface area contributed by atoms with Gasteiger partial charge in [0.25, 0.3) is 0 Å². The summed E-state index contributed by atoms with van der Waals surface area (Å²) in [6, 6.07) is 5.69. The molecule has 2 rings (SSSR count). The molecule has 19 heavy (non-hydrogen) atoms. The van der Waals surface area contributed by atoms with E-state index in [0.717, 1.165) is 15.7 Å². The lowest BCUT2D eigenvalue weighted by atomic mass is 10.2. The van der Waals surface area contributed by atoms with Gasteiger partial charge >= 0.3 is 0 Å². The third kappa shape index (κ3) is 3.77. The van der Waals surface area contributed by atoms with Crippen molar-refractivity contribution in [1.82, 2.24) is 20.2 Å². The van der Waals surface area contributed by atoms with Crippen molar-refractivity contribution in [2.24, 2.45) is 7.05 Å². The summed E-state index contributed by atoms with van der Waals surface area (Å²) in [6.45, 7) is 1.99. The van der Waals surface area contributed by atoms with Crippen LogP contribution >= 0.6 is 27.7 Å². The Labute approximate surface area is 123 Å². The summed E-state index contributed by atoms with van der Waals surface area (Å²) >= 11 is 4.72. The second-order valence-corrected chi connectivity index (χ2v) is 5.68. The molecule has 1 aromatic heterocycles. The van der Waals surface area contributed by atoms with Gasteiger partial charge in [0.2, 0.25) is 11.1 Å². The highest BCUT2D eigenvalue weighted by atomic mass is 79.9. The quantitative estimate of drug-likeness (QED) is 0.861. The minimum absolute atomic E-state index is 0.0937. The molecule has 1 amide bonds. The Balaban J connectivity index is 1.91. The van der Waals surface area contributed by atoms with Gasteiger partial charge < -0.3 is 5.32 Å². The van der Waals surface area contributed by atoms with E-state index in [1.54, 1.807) is 7.05 Å². The first-order valence-electron chi connectivity index (χ1n) is 5.47. The Morgan fingerprint density at radius 3 is 2.95 bits per heavy atom. The van der Waals surface area contributed by atoms with Gasteiger partial charge in [0, 0.05) is 17.2 Å². The molecule has 0 radical (unpaired) electrons. The molecule has 0 aliphatic rings. The van der Waals surface area contributed by atoms with E-state index in [1.807, 2.05) is 25.1 Å². The van der Waals surface area contributed by atoms with Crippen LogP contribution in [0.15, 0.2) is 27.8 Å². The summed E-state index contributed by atoms with van der Waals surface area (Å²) in [6.07, 6.45) is 0. The number of carbonyl (C=O) groups excluding carboxylic acids is 1. The Kier molecular flexibility index (Phi) is 4.54. The monoisotopic (exact) mass is 341 g/mol. The molecule has 0 spiro atoms. The fourth-order valence-corrected chi connectivity index (χ4v) is 2.37. The second kappa shape index (κ2) is 6.16. The largest absolute Gasteiger partial charge is 0.325 e. The first-order chi connectivity index (χ1) is 9.06. The SMILES string of the molecule is Cc1ccc(NC(=O)CSc2nnnn2C)cc1Br. The highest BCUT2D eigenvalue weighted by Crippen LogP contribution is 2.21. The van der Waals surface area contributed by atoms with E-state index in [4.69, 9.17) is 0 Å². The van der Waals surface area contributed by atoms with Crippen LogP contribution in [0.3, 0.4) is 0 Å². The van der Waals surface area contributed by atoms with Crippen LogP contribution in [-0.2, 0) is 11.8 Å². The maximum atomic E-state index is 11.8. The van der Waals surface area contributed by atoms with Gasteiger partial charge in [0.15, 0.2) is 0 Å². The summed E-state index contributed by atoms with van der Waals surface area (Å²) in [5.74, 6) is 0.170. The highest BCUT2D eigenvalue weighted by Gasteiger charge is 2.08. The zero-order chi connectivity index (χ0) is 13.8. The molecule has 0 bridgehead atoms. The van der Waals surface area contributed by atoms with Crippen molar-refractivity contribution in [3.05, 3.63) is 28.2 Å². The molecule has 2 aromatic rings. The minimum atomic E-state index is -0.0937. The minimum Gasteiger partial charge on any atom is -0.325 e. The number of nitrogens with one attached hydrogen (secondary N) is 1. The Hall–Kier alpha value is -1.41. The highest BCUT2D eigenvalue weighted by molar-refractivity contribution is 9.10. The number of thioether (sulfide) groups is 1. The third-order valence-electron chi connectivity index (χ3n) is 2.37. The van der Waals surface area contributed by atoms with Gasteiger partial charge in [0.1, 0.15) is 0 Å². The van der Waals surface area contributed by atoms with Crippen molar-refractivity contribution < 1.29 is 4.79 Å². The van der Waals surface area contributed by atoms with Crippen molar-refractivity contribution in [2.45, 2.75) is 12.1 Å². The summed E-state index contributed by atoms with van der Waals surface area (Å²) in [5, 5.41) is 14.4. The molecule has 0 aliphatic carbocycles. The van der Waals surface area contributed by atoms with Crippen LogP contribution in [0, 0.1) is 6.92 Å². The lowest BCUT2D eigenvalue weighted by Gasteiger charge is -2.06. The van der Waals surface area contributed by atoms with Gasteiger partial charge in [-0.05, 0) is 35.0 Å². The smallest absolute Gasteiger partial charge is 0.234 e. The van der Waals surface area contributed by atoms with E-state index in [-0.39, 0.29) is 11.7 Å². The molecular weight excluding hydrogens is 330 g/mol. The number of carbonyl (C=O) groups is 1. The fourth-order valence-electron chi connectivity index (χ4n) is 1.34. The number of amides is 1. The van der Waals surface area contributed by atoms with Crippen LogP contribution in [0.25, 0.3) is 0 Å². The van der Waals surface area contributed by atoms with E-state index in [1.165, 1.54) is 16.4 Å². The number of halogens is 1. The van der Waals surface area contributed by atoms with E-state index in [0.29, 0.717) is 5.16 Å². The zero-order valence-electron chi connectivity index (χ0n) is 10.4. The number of aromatic nitrogens is 4. The van der Waals surface area contributed by atoms with Gasteiger partial charge in [-0.1, -0.05) is 33.8 Å². The van der Waals surface area contributed by atoms with Crippen molar-refractivity contribution in [1.29, 1.82) is 0 Å². The number of rotatable bonds is 4. The summed E-state index contributed by atoms with van der Waals surface area (Å²) in [4.78, 5) is 11.8. The first kappa shape index (κ1) is 14.0. The molecule has 0 atom stereocenters. The van der Waals surface area contributed by atoms with Crippen LogP contribution in [0.5, 0.6) is 0 Å². The van der Waals surface area contributed by atoms with Crippen LogP contribution < -0.4 is 5.32 Å². The van der Waals surface area contributed by atoms with Gasteiger partial charge in [-0.25, -0.2) is 4.68 Å². The maximum Gasteiger partial charge on any atom is 0.234 e. The van der Waals surface area contributed by atoms with E-state index < -0.39 is 0 Å². The molecule has 0 saturated heterocycles. The van der Waals surface area contributed by atoms with Gasteiger partial charge in [-0.2, -0.15) is 0 Å². The lowest BCUT2D eigenvalue weighted by Crippen LogP contribution is -2.14. The van der Waals surface area contributed by atoms with Gasteiger partial charge in [-0.3, -0.25) is 4.79 Å². The van der Waals surface area contributed by atoms with Crippen LogP contribution in [0.2, 0.25) is 0 Å². The predicted octanol–water partition coefficient (Wildman–Crippen LogP) is 2.01. The number of benzene rings is 1. The molecule has 0 saturated carbocycles. The van der Waals surface area contributed by atoms with Crippen LogP contribution in [0.4, 0.5) is 5.69 Å². The number of hydrogen-bond acceptors (Lipinski definition) is 5. The molecule has 1 heterocycles. The molecule has 1 N–H and O–H groups in total. The lowest BCUT2D eigenvalue weighted by molar-refractivity contribution is -0.113. The third-order valence-corrected chi connectivity index (χ3v) is 4.23. The predicted molar refractivity (Wildman–Crippen MR) is 77.0 cm³/mol. The number of anilines is 1. The van der Waals surface area contributed by atoms with Gasteiger partial charge in [-0.15, -0.1) is 5.10 Å². The molecule has 1 aromatic carbocycles. The summed E-state index contributed by atoms with van der Waals surface area (Å²) in [7, 11) is 1.73. The Morgan fingerprint density at radius 2 is 2.32 bits per heavy atom. The number of aryl methyl sites for hydroxylation is 2. The molecule has 0 fully saturated rings. The van der Waals surface area contributed by atoms with E-state index in [9.17, 15) is 4.79 Å². The first-order valence-corrected chi connectivity index (χ1v) is 7.25. The van der Waals surface area contributed by atoms with Crippen molar-refractivity contribution in [3.8, 4) is 0 Å². The van der Waals surface area contributed by atoms with E-state index in [2.05, 4.69) is 36.8 Å². The average molecular weight is 342 g/mol. The standard InChI is InChI=1S/C11H12BrN5OS/c1-7-3-4-8(5-9(7)12)13-10(18)6-19-11-14-15-16-17(11)2/h3-5H,6H2,1-2H3,(H,13,18). The van der Waals surface area contributed by atoms with Gasteiger partial charge in [0.05, 0.1) is 5.75 Å². The molecule has 6 nitrogen and oxygen atoms in total. The Bertz CT molecular complexity index is 601. The summed E-state index contributed by atoms with van der Waals surface area (Å²) < 4.78 is 2.50. The number of hydrogen-bond donors (Lipinski definition) is 1. The maximum absolute atomic E-state index is 11.8. The van der Waals surface area contributed by atoms with Crippen LogP contribution in [0.1, 0.15) is 5.56 Å². The normalized spacial score (nSPS) is 10.5. The van der Waals surface area contributed by atoms with E-state index >= 15 is 0 Å². The zero-order valence-corrected chi connectivity index (χ0v) is 12.8. The van der Waals surface area contributed by atoms with Crippen molar-refractivity contribution in [3.63, 3.8) is 0 Å². The molecular formula is C11H12BrN5OS. The topological polar surface area (TPSA) is 72.7 Å². The number of nitrogens with zero attached hydrogens (tertiary/aromatic N) is 4. The number of tetrazole rings is 1. The Morgan fingerprint density at radius 1 is 1.53 bits per heavy atom. The average Bonchev–Trinajstić information content (AvgIpc) is 2.77. The molecule has 100 valence electrons. The fraction of sp³-hybridized carbons (Fsp3) is 0.273. The van der Waals surface area contributed by atoms with Crippen molar-refractivity contribution in [2.75, 3.05) is 11.1 Å². The van der Waals surface area contributed by atoms with Crippen molar-refractivity contribution >= 4 is 39.3 Å². The molecule has 0 unspecified atom stereocenters. The second-order valence-electron chi connectivity index (χ2n) is 3.89.